The van der Waals surface area contributed by atoms with Crippen molar-refractivity contribution in [2.75, 3.05) is 13.6 Å². The number of nitrogens with zero attached hydrogens (tertiary/aromatic N) is 1. The highest BCUT2D eigenvalue weighted by atomic mass is 35.5. The lowest BCUT2D eigenvalue weighted by atomic mass is 9.85. The molecule has 1 aromatic rings. The van der Waals surface area contributed by atoms with Crippen LogP contribution in [0.2, 0.25) is 10.0 Å². The van der Waals surface area contributed by atoms with Crippen LogP contribution in [-0.2, 0) is 19.9 Å². The van der Waals surface area contributed by atoms with Crippen molar-refractivity contribution in [3.63, 3.8) is 0 Å². The lowest BCUT2D eigenvalue weighted by Gasteiger charge is -2.42. The molecule has 0 aliphatic carbocycles. The molecule has 1 rings (SSSR count). The highest BCUT2D eigenvalue weighted by Crippen LogP contribution is 2.35. The summed E-state index contributed by atoms with van der Waals surface area (Å²) in [7, 11) is 1.53. The maximum absolute atomic E-state index is 12.8. The number of halogens is 2. The van der Waals surface area contributed by atoms with E-state index < -0.39 is 17.2 Å². The standard InChI is InChI=1S/C20H28Cl2N2O4/c1-6-7-17(26)23-13-20(10-11-25,14-8-9-15(21)16(22)12-14)24(5)18(27)28-19(2,3)4/h8-9,11-12H,6-7,10,13H2,1-5H3,(H,23,26). The highest BCUT2D eigenvalue weighted by molar-refractivity contribution is 6.42. The molecule has 1 atom stereocenters. The molecular formula is C20H28Cl2N2O4. The van der Waals surface area contributed by atoms with E-state index in [9.17, 15) is 14.4 Å². The Bertz CT molecular complexity index is 719. The second-order valence-corrected chi connectivity index (χ2v) is 8.41. The number of nitrogens with one attached hydrogen (secondary N) is 1. The van der Waals surface area contributed by atoms with Gasteiger partial charge in [-0.3, -0.25) is 9.69 Å². The number of carbonyl (C=O) groups is 3. The fourth-order valence-electron chi connectivity index (χ4n) is 2.73. The summed E-state index contributed by atoms with van der Waals surface area (Å²) in [6.07, 6.45) is 1.04. The average molecular weight is 431 g/mol. The zero-order valence-electron chi connectivity index (χ0n) is 17.0. The van der Waals surface area contributed by atoms with Gasteiger partial charge in [-0.2, -0.15) is 0 Å². The summed E-state index contributed by atoms with van der Waals surface area (Å²) < 4.78 is 5.48. The minimum atomic E-state index is -1.18. The zero-order chi connectivity index (χ0) is 21.5. The Morgan fingerprint density at radius 1 is 1.21 bits per heavy atom. The number of rotatable bonds is 8. The molecule has 28 heavy (non-hydrogen) atoms. The highest BCUT2D eigenvalue weighted by Gasteiger charge is 2.41. The van der Waals surface area contributed by atoms with Gasteiger partial charge >= 0.3 is 6.09 Å². The molecule has 0 aliphatic heterocycles. The van der Waals surface area contributed by atoms with E-state index >= 15 is 0 Å². The first-order valence-electron chi connectivity index (χ1n) is 9.09. The zero-order valence-corrected chi connectivity index (χ0v) is 18.5. The van der Waals surface area contributed by atoms with E-state index in [1.165, 1.54) is 11.9 Å². The second-order valence-electron chi connectivity index (χ2n) is 7.60. The van der Waals surface area contributed by atoms with E-state index in [4.69, 9.17) is 27.9 Å². The van der Waals surface area contributed by atoms with Crippen LogP contribution >= 0.6 is 23.2 Å². The lowest BCUT2D eigenvalue weighted by molar-refractivity contribution is -0.122. The third-order valence-corrected chi connectivity index (χ3v) is 4.98. The van der Waals surface area contributed by atoms with Crippen molar-refractivity contribution in [1.29, 1.82) is 0 Å². The molecule has 0 heterocycles. The summed E-state index contributed by atoms with van der Waals surface area (Å²) in [5, 5.41) is 3.45. The van der Waals surface area contributed by atoms with Gasteiger partial charge in [-0.1, -0.05) is 36.2 Å². The minimum absolute atomic E-state index is 0.0261. The number of amides is 2. The molecule has 0 fully saturated rings. The van der Waals surface area contributed by atoms with Crippen LogP contribution in [0.25, 0.3) is 0 Å². The number of aldehydes is 1. The van der Waals surface area contributed by atoms with Crippen molar-refractivity contribution in [2.24, 2.45) is 0 Å². The molecule has 0 aromatic heterocycles. The van der Waals surface area contributed by atoms with Gasteiger partial charge in [-0.05, 0) is 44.9 Å². The number of carbonyl (C=O) groups excluding carboxylic acids is 3. The largest absolute Gasteiger partial charge is 0.444 e. The average Bonchev–Trinajstić information content (AvgIpc) is 2.59. The molecule has 1 unspecified atom stereocenters. The first-order valence-corrected chi connectivity index (χ1v) is 9.85. The van der Waals surface area contributed by atoms with Crippen LogP contribution in [0, 0.1) is 0 Å². The van der Waals surface area contributed by atoms with Gasteiger partial charge in [0.05, 0.1) is 15.6 Å². The molecule has 8 heteroatoms. The summed E-state index contributed by atoms with van der Waals surface area (Å²) in [4.78, 5) is 37.8. The molecule has 156 valence electrons. The quantitative estimate of drug-likeness (QED) is 0.613. The third kappa shape index (κ3) is 6.38. The number of benzene rings is 1. The lowest BCUT2D eigenvalue weighted by Crippen LogP contribution is -2.55. The molecule has 0 aliphatic rings. The Hall–Kier alpha value is -1.79. The molecule has 0 saturated carbocycles. The summed E-state index contributed by atoms with van der Waals surface area (Å²) >= 11 is 12.2. The second kappa shape index (κ2) is 10.1. The van der Waals surface area contributed by atoms with Crippen LogP contribution in [0.4, 0.5) is 4.79 Å². The van der Waals surface area contributed by atoms with Gasteiger partial charge in [0.25, 0.3) is 0 Å². The topological polar surface area (TPSA) is 75.7 Å². The first kappa shape index (κ1) is 24.2. The van der Waals surface area contributed by atoms with Crippen LogP contribution in [-0.4, -0.2) is 42.4 Å². The van der Waals surface area contributed by atoms with Crippen molar-refractivity contribution in [2.45, 2.75) is 58.1 Å². The van der Waals surface area contributed by atoms with Gasteiger partial charge in [0.1, 0.15) is 11.9 Å². The number of hydrogen-bond acceptors (Lipinski definition) is 4. The number of ether oxygens (including phenoxy) is 1. The third-order valence-electron chi connectivity index (χ3n) is 4.24. The smallest absolute Gasteiger partial charge is 0.410 e. The van der Waals surface area contributed by atoms with Gasteiger partial charge in [0.2, 0.25) is 5.91 Å². The van der Waals surface area contributed by atoms with Crippen LogP contribution in [0.15, 0.2) is 18.2 Å². The van der Waals surface area contributed by atoms with E-state index in [0.29, 0.717) is 29.7 Å². The summed E-state index contributed by atoms with van der Waals surface area (Å²) in [5.41, 5.74) is -1.33. The molecule has 1 aromatic carbocycles. The van der Waals surface area contributed by atoms with E-state index in [2.05, 4.69) is 5.32 Å². The van der Waals surface area contributed by atoms with Gasteiger partial charge in [0.15, 0.2) is 0 Å². The number of hydrogen-bond donors (Lipinski definition) is 1. The summed E-state index contributed by atoms with van der Waals surface area (Å²) in [6.45, 7) is 7.18. The monoisotopic (exact) mass is 430 g/mol. The predicted octanol–water partition coefficient (Wildman–Crippen LogP) is 4.56. The van der Waals surface area contributed by atoms with E-state index in [1.807, 2.05) is 6.92 Å². The van der Waals surface area contributed by atoms with Crippen molar-refractivity contribution in [3.8, 4) is 0 Å². The minimum Gasteiger partial charge on any atom is -0.444 e. The Morgan fingerprint density at radius 3 is 2.36 bits per heavy atom. The van der Waals surface area contributed by atoms with Crippen molar-refractivity contribution in [1.82, 2.24) is 10.2 Å². The molecule has 1 N–H and O–H groups in total. The van der Waals surface area contributed by atoms with Gasteiger partial charge in [-0.25, -0.2) is 4.79 Å². The van der Waals surface area contributed by atoms with Crippen molar-refractivity contribution in [3.05, 3.63) is 33.8 Å². The maximum atomic E-state index is 12.8. The first-order chi connectivity index (χ1) is 13.0. The molecule has 6 nitrogen and oxygen atoms in total. The normalized spacial score (nSPS) is 13.4. The molecule has 0 radical (unpaired) electrons. The van der Waals surface area contributed by atoms with Crippen molar-refractivity contribution < 1.29 is 19.1 Å². The van der Waals surface area contributed by atoms with Crippen LogP contribution < -0.4 is 5.32 Å². The van der Waals surface area contributed by atoms with E-state index in [1.54, 1.807) is 39.0 Å². The van der Waals surface area contributed by atoms with Gasteiger partial charge in [-0.15, -0.1) is 0 Å². The Kier molecular flexibility index (Phi) is 8.76. The van der Waals surface area contributed by atoms with Crippen LogP contribution in [0.5, 0.6) is 0 Å². The van der Waals surface area contributed by atoms with Crippen LogP contribution in [0.1, 0.15) is 52.5 Å². The Balaban J connectivity index is 3.42. The summed E-state index contributed by atoms with van der Waals surface area (Å²) in [5.74, 6) is -0.171. The Morgan fingerprint density at radius 2 is 1.86 bits per heavy atom. The maximum Gasteiger partial charge on any atom is 0.410 e. The fraction of sp³-hybridized carbons (Fsp3) is 0.550. The van der Waals surface area contributed by atoms with Crippen LogP contribution in [0.3, 0.4) is 0 Å². The van der Waals surface area contributed by atoms with Gasteiger partial charge < -0.3 is 14.8 Å². The summed E-state index contributed by atoms with van der Waals surface area (Å²) in [6, 6.07) is 4.88. The van der Waals surface area contributed by atoms with Crippen molar-refractivity contribution >= 4 is 41.5 Å². The Labute approximate surface area is 176 Å². The van der Waals surface area contributed by atoms with E-state index in [-0.39, 0.29) is 23.9 Å². The SMILES string of the molecule is CCCC(=O)NCC(CC=O)(c1ccc(Cl)c(Cl)c1)N(C)C(=O)OC(C)(C)C. The molecule has 2 amide bonds. The van der Waals surface area contributed by atoms with E-state index in [0.717, 1.165) is 0 Å². The fourth-order valence-corrected chi connectivity index (χ4v) is 3.03. The number of likely N-dealkylation sites (N-methyl/N-ethyl adjacent to an activating group) is 1. The molecular weight excluding hydrogens is 403 g/mol. The molecule has 0 saturated heterocycles. The predicted molar refractivity (Wildman–Crippen MR) is 111 cm³/mol. The van der Waals surface area contributed by atoms with Gasteiger partial charge in [0, 0.05) is 26.4 Å². The molecule has 0 bridgehead atoms. The molecule has 0 spiro atoms.